The average molecular weight is 219 g/mol. The smallest absolute Gasteiger partial charge is 0.320 e. The van der Waals surface area contributed by atoms with E-state index in [1.807, 2.05) is 6.92 Å². The quantitative estimate of drug-likeness (QED) is 0.670. The molecule has 82 valence electrons. The first kappa shape index (κ1) is 11.7. The Labute approximate surface area is 86.5 Å². The standard InChI is InChI=1S/C9H17NO3S/c1-6(5-14(2)13)10-8(9(11)12)7-3-4-7/h6-8,10H,3-5H2,1-2H3,(H,11,12). The molecule has 0 aromatic carbocycles. The van der Waals surface area contributed by atoms with Crippen LogP contribution in [-0.4, -0.2) is 39.4 Å². The summed E-state index contributed by atoms with van der Waals surface area (Å²) in [5, 5.41) is 11.9. The molecule has 4 nitrogen and oxygen atoms in total. The Morgan fingerprint density at radius 2 is 2.21 bits per heavy atom. The van der Waals surface area contributed by atoms with Gasteiger partial charge in [-0.15, -0.1) is 0 Å². The van der Waals surface area contributed by atoms with Crippen LogP contribution in [0.25, 0.3) is 0 Å². The summed E-state index contributed by atoms with van der Waals surface area (Å²) in [5.74, 6) is -0.00210. The maximum atomic E-state index is 10.9. The lowest BCUT2D eigenvalue weighted by atomic mass is 10.1. The molecule has 1 saturated carbocycles. The van der Waals surface area contributed by atoms with Gasteiger partial charge >= 0.3 is 5.97 Å². The van der Waals surface area contributed by atoms with Gasteiger partial charge in [0.2, 0.25) is 0 Å². The third kappa shape index (κ3) is 3.75. The van der Waals surface area contributed by atoms with Crippen molar-refractivity contribution in [3.05, 3.63) is 0 Å². The van der Waals surface area contributed by atoms with E-state index in [1.54, 1.807) is 6.26 Å². The van der Waals surface area contributed by atoms with Crippen LogP contribution < -0.4 is 5.32 Å². The van der Waals surface area contributed by atoms with Gasteiger partial charge < -0.3 is 10.4 Å². The van der Waals surface area contributed by atoms with Gasteiger partial charge in [0.15, 0.2) is 0 Å². The SMILES string of the molecule is CC(CS(C)=O)NC(C(=O)O)C1CC1. The van der Waals surface area contributed by atoms with E-state index < -0.39 is 22.8 Å². The number of hydrogen-bond acceptors (Lipinski definition) is 3. The molecule has 0 saturated heterocycles. The molecule has 1 aliphatic carbocycles. The molecule has 0 heterocycles. The summed E-state index contributed by atoms with van der Waals surface area (Å²) >= 11 is 0. The van der Waals surface area contributed by atoms with Crippen LogP contribution in [0.5, 0.6) is 0 Å². The molecular formula is C9H17NO3S. The van der Waals surface area contributed by atoms with E-state index in [4.69, 9.17) is 5.11 Å². The molecule has 0 bridgehead atoms. The van der Waals surface area contributed by atoms with Crippen molar-refractivity contribution >= 4 is 16.8 Å². The van der Waals surface area contributed by atoms with Gasteiger partial charge in [0.1, 0.15) is 6.04 Å². The number of hydrogen-bond donors (Lipinski definition) is 2. The highest BCUT2D eigenvalue weighted by atomic mass is 32.2. The lowest BCUT2D eigenvalue weighted by Crippen LogP contribution is -2.45. The van der Waals surface area contributed by atoms with Gasteiger partial charge in [0.25, 0.3) is 0 Å². The van der Waals surface area contributed by atoms with Crippen molar-refractivity contribution in [3.63, 3.8) is 0 Å². The zero-order valence-corrected chi connectivity index (χ0v) is 9.34. The highest BCUT2D eigenvalue weighted by molar-refractivity contribution is 7.84. The van der Waals surface area contributed by atoms with E-state index >= 15 is 0 Å². The zero-order valence-electron chi connectivity index (χ0n) is 8.53. The highest BCUT2D eigenvalue weighted by Gasteiger charge is 2.36. The van der Waals surface area contributed by atoms with Crippen molar-refractivity contribution in [2.75, 3.05) is 12.0 Å². The van der Waals surface area contributed by atoms with Crippen LogP contribution in [0.3, 0.4) is 0 Å². The lowest BCUT2D eigenvalue weighted by molar-refractivity contribution is -0.140. The maximum Gasteiger partial charge on any atom is 0.320 e. The molecule has 0 amide bonds. The minimum absolute atomic E-state index is 0.00235. The summed E-state index contributed by atoms with van der Waals surface area (Å²) in [6, 6.07) is -0.448. The van der Waals surface area contributed by atoms with Gasteiger partial charge in [-0.25, -0.2) is 0 Å². The first-order chi connectivity index (χ1) is 6.50. The van der Waals surface area contributed by atoms with E-state index in [0.29, 0.717) is 5.75 Å². The third-order valence-corrected chi connectivity index (χ3v) is 3.28. The van der Waals surface area contributed by atoms with Crippen LogP contribution in [0.15, 0.2) is 0 Å². The molecule has 3 atom stereocenters. The fourth-order valence-corrected chi connectivity index (χ4v) is 2.35. The number of nitrogens with one attached hydrogen (secondary N) is 1. The van der Waals surface area contributed by atoms with Crippen molar-refractivity contribution in [3.8, 4) is 0 Å². The Bertz CT molecular complexity index is 240. The van der Waals surface area contributed by atoms with Crippen molar-refractivity contribution in [1.29, 1.82) is 0 Å². The van der Waals surface area contributed by atoms with E-state index in [0.717, 1.165) is 12.8 Å². The Hall–Kier alpha value is -0.420. The van der Waals surface area contributed by atoms with Gasteiger partial charge in [-0.05, 0) is 25.7 Å². The minimum atomic E-state index is -0.874. The molecule has 0 radical (unpaired) electrons. The maximum absolute atomic E-state index is 10.9. The molecule has 0 aliphatic heterocycles. The van der Waals surface area contributed by atoms with Crippen molar-refractivity contribution < 1.29 is 14.1 Å². The molecule has 0 aromatic rings. The third-order valence-electron chi connectivity index (χ3n) is 2.31. The van der Waals surface area contributed by atoms with Gasteiger partial charge in [-0.1, -0.05) is 0 Å². The number of aliphatic carboxylic acids is 1. The van der Waals surface area contributed by atoms with Gasteiger partial charge in [-0.3, -0.25) is 9.00 Å². The molecule has 0 aromatic heterocycles. The van der Waals surface area contributed by atoms with Crippen molar-refractivity contribution in [2.24, 2.45) is 5.92 Å². The number of carbonyl (C=O) groups is 1. The van der Waals surface area contributed by atoms with E-state index in [9.17, 15) is 9.00 Å². The molecule has 2 N–H and O–H groups in total. The Balaban J connectivity index is 2.38. The average Bonchev–Trinajstić information content (AvgIpc) is 2.80. The summed E-state index contributed by atoms with van der Waals surface area (Å²) in [5.41, 5.74) is 0. The number of rotatable bonds is 6. The predicted molar refractivity (Wildman–Crippen MR) is 55.7 cm³/mol. The van der Waals surface area contributed by atoms with E-state index in [1.165, 1.54) is 0 Å². The summed E-state index contributed by atoms with van der Waals surface area (Å²) in [4.78, 5) is 10.9. The predicted octanol–water partition coefficient (Wildman–Crippen LogP) is 0.206. The fraction of sp³-hybridized carbons (Fsp3) is 0.889. The van der Waals surface area contributed by atoms with Crippen molar-refractivity contribution in [1.82, 2.24) is 5.32 Å². The van der Waals surface area contributed by atoms with Crippen LogP contribution in [0.1, 0.15) is 19.8 Å². The minimum Gasteiger partial charge on any atom is -0.480 e. The highest BCUT2D eigenvalue weighted by Crippen LogP contribution is 2.32. The van der Waals surface area contributed by atoms with E-state index in [-0.39, 0.29) is 12.0 Å². The number of carboxylic acids is 1. The molecule has 3 unspecified atom stereocenters. The second-order valence-electron chi connectivity index (χ2n) is 3.96. The van der Waals surface area contributed by atoms with Crippen LogP contribution in [0, 0.1) is 5.92 Å². The Morgan fingerprint density at radius 1 is 1.64 bits per heavy atom. The first-order valence-corrected chi connectivity index (χ1v) is 6.52. The van der Waals surface area contributed by atoms with Crippen LogP contribution in [-0.2, 0) is 15.6 Å². The molecule has 0 spiro atoms. The van der Waals surface area contributed by atoms with Gasteiger partial charge in [0, 0.05) is 28.9 Å². The fourth-order valence-electron chi connectivity index (χ4n) is 1.55. The largest absolute Gasteiger partial charge is 0.480 e. The summed E-state index contributed by atoms with van der Waals surface area (Å²) in [7, 11) is -0.874. The second kappa shape index (κ2) is 4.89. The van der Waals surface area contributed by atoms with Crippen LogP contribution in [0.2, 0.25) is 0 Å². The topological polar surface area (TPSA) is 66.4 Å². The molecule has 14 heavy (non-hydrogen) atoms. The summed E-state index contributed by atoms with van der Waals surface area (Å²) < 4.78 is 10.9. The zero-order chi connectivity index (χ0) is 10.7. The van der Waals surface area contributed by atoms with Crippen LogP contribution >= 0.6 is 0 Å². The van der Waals surface area contributed by atoms with Crippen molar-refractivity contribution in [2.45, 2.75) is 31.8 Å². The molecule has 5 heteroatoms. The van der Waals surface area contributed by atoms with Gasteiger partial charge in [0.05, 0.1) is 0 Å². The lowest BCUT2D eigenvalue weighted by Gasteiger charge is -2.18. The second-order valence-corrected chi connectivity index (χ2v) is 5.44. The molecule has 1 rings (SSSR count). The molecular weight excluding hydrogens is 202 g/mol. The summed E-state index contributed by atoms with van der Waals surface area (Å²) in [6.45, 7) is 1.87. The first-order valence-electron chi connectivity index (χ1n) is 4.79. The van der Waals surface area contributed by atoms with Crippen LogP contribution in [0.4, 0.5) is 0 Å². The molecule has 1 aliphatic rings. The summed E-state index contributed by atoms with van der Waals surface area (Å²) in [6.07, 6.45) is 3.61. The normalized spacial score (nSPS) is 22.7. The van der Waals surface area contributed by atoms with Gasteiger partial charge in [-0.2, -0.15) is 0 Å². The monoisotopic (exact) mass is 219 g/mol. The van der Waals surface area contributed by atoms with E-state index in [2.05, 4.69) is 5.32 Å². The Morgan fingerprint density at radius 3 is 2.57 bits per heavy atom. The Kier molecular flexibility index (Phi) is 4.07. The molecule has 1 fully saturated rings. The number of carboxylic acid groups (broad SMARTS) is 1.